The third-order valence-electron chi connectivity index (χ3n) is 4.87. The van der Waals surface area contributed by atoms with Gasteiger partial charge in [0.2, 0.25) is 5.95 Å². The standard InChI is InChI=1S/C20H26N4O/c1-14-9-10-18(11-15(14)2)24-20-21-12-16(13-22-20)19(25)23-17-7-5-3-4-6-8-17/h9-13,17H,3-8H2,1-2H3,(H,23,25)(H,21,22,24). The van der Waals surface area contributed by atoms with Crippen LogP contribution in [-0.4, -0.2) is 21.9 Å². The van der Waals surface area contributed by atoms with Gasteiger partial charge in [0.25, 0.3) is 5.91 Å². The molecule has 0 aliphatic heterocycles. The highest BCUT2D eigenvalue weighted by molar-refractivity contribution is 5.93. The van der Waals surface area contributed by atoms with E-state index < -0.39 is 0 Å². The van der Waals surface area contributed by atoms with Gasteiger partial charge in [-0.2, -0.15) is 0 Å². The second-order valence-corrected chi connectivity index (χ2v) is 6.88. The Labute approximate surface area is 149 Å². The van der Waals surface area contributed by atoms with Gasteiger partial charge in [-0.05, 0) is 49.9 Å². The second kappa shape index (κ2) is 8.10. The molecule has 1 amide bonds. The predicted octanol–water partition coefficient (Wildman–Crippen LogP) is 4.29. The van der Waals surface area contributed by atoms with E-state index in [0.29, 0.717) is 11.5 Å². The maximum atomic E-state index is 12.4. The molecule has 0 atom stereocenters. The SMILES string of the molecule is Cc1ccc(Nc2ncc(C(=O)NC3CCCCCC3)cn2)cc1C. The molecule has 0 saturated heterocycles. The van der Waals surface area contributed by atoms with Crippen LogP contribution in [0.15, 0.2) is 30.6 Å². The zero-order valence-corrected chi connectivity index (χ0v) is 15.0. The van der Waals surface area contributed by atoms with Gasteiger partial charge in [0.15, 0.2) is 0 Å². The van der Waals surface area contributed by atoms with Gasteiger partial charge in [-0.25, -0.2) is 9.97 Å². The largest absolute Gasteiger partial charge is 0.349 e. The highest BCUT2D eigenvalue weighted by atomic mass is 16.1. The lowest BCUT2D eigenvalue weighted by molar-refractivity contribution is 0.0932. The minimum absolute atomic E-state index is 0.0790. The van der Waals surface area contributed by atoms with Gasteiger partial charge in [-0.15, -0.1) is 0 Å². The molecular formula is C20H26N4O. The second-order valence-electron chi connectivity index (χ2n) is 6.88. The molecule has 2 aromatic rings. The molecule has 5 heteroatoms. The number of carbonyl (C=O) groups excluding carboxylic acids is 1. The van der Waals surface area contributed by atoms with E-state index >= 15 is 0 Å². The predicted molar refractivity (Wildman–Crippen MR) is 100 cm³/mol. The molecule has 132 valence electrons. The molecule has 1 saturated carbocycles. The van der Waals surface area contributed by atoms with Crippen LogP contribution in [-0.2, 0) is 0 Å². The summed E-state index contributed by atoms with van der Waals surface area (Å²) in [5, 5.41) is 6.29. The molecular weight excluding hydrogens is 312 g/mol. The number of nitrogens with zero attached hydrogens (tertiary/aromatic N) is 2. The lowest BCUT2D eigenvalue weighted by atomic mass is 10.1. The van der Waals surface area contributed by atoms with Gasteiger partial charge in [0, 0.05) is 24.1 Å². The summed E-state index contributed by atoms with van der Waals surface area (Å²) in [5.41, 5.74) is 3.91. The quantitative estimate of drug-likeness (QED) is 0.816. The van der Waals surface area contributed by atoms with Crippen molar-refractivity contribution >= 4 is 17.5 Å². The first kappa shape index (κ1) is 17.4. The van der Waals surface area contributed by atoms with E-state index in [9.17, 15) is 4.79 Å². The molecule has 1 fully saturated rings. The maximum Gasteiger partial charge on any atom is 0.254 e. The fourth-order valence-electron chi connectivity index (χ4n) is 3.15. The van der Waals surface area contributed by atoms with Crippen molar-refractivity contribution < 1.29 is 4.79 Å². The molecule has 0 bridgehead atoms. The van der Waals surface area contributed by atoms with Crippen molar-refractivity contribution in [2.75, 3.05) is 5.32 Å². The third kappa shape index (κ3) is 4.78. The molecule has 0 unspecified atom stereocenters. The van der Waals surface area contributed by atoms with Gasteiger partial charge in [0.1, 0.15) is 0 Å². The fourth-order valence-corrected chi connectivity index (χ4v) is 3.15. The molecule has 3 rings (SSSR count). The molecule has 1 heterocycles. The summed E-state index contributed by atoms with van der Waals surface area (Å²) in [6, 6.07) is 6.40. The molecule has 0 spiro atoms. The Morgan fingerprint density at radius 3 is 2.32 bits per heavy atom. The number of aryl methyl sites for hydroxylation is 2. The number of carbonyl (C=O) groups is 1. The summed E-state index contributed by atoms with van der Waals surface area (Å²) in [5.74, 6) is 0.416. The van der Waals surface area contributed by atoms with Gasteiger partial charge in [0.05, 0.1) is 5.56 Å². The van der Waals surface area contributed by atoms with E-state index in [4.69, 9.17) is 0 Å². The Morgan fingerprint density at radius 1 is 1.00 bits per heavy atom. The van der Waals surface area contributed by atoms with E-state index in [2.05, 4.69) is 46.6 Å². The van der Waals surface area contributed by atoms with Crippen LogP contribution in [0, 0.1) is 13.8 Å². The van der Waals surface area contributed by atoms with Crippen molar-refractivity contribution in [3.05, 3.63) is 47.3 Å². The lowest BCUT2D eigenvalue weighted by Gasteiger charge is -2.16. The van der Waals surface area contributed by atoms with Crippen LogP contribution in [0.3, 0.4) is 0 Å². The van der Waals surface area contributed by atoms with Crippen LogP contribution < -0.4 is 10.6 Å². The van der Waals surface area contributed by atoms with Crippen molar-refractivity contribution in [3.63, 3.8) is 0 Å². The lowest BCUT2D eigenvalue weighted by Crippen LogP contribution is -2.34. The van der Waals surface area contributed by atoms with Gasteiger partial charge in [-0.1, -0.05) is 31.7 Å². The van der Waals surface area contributed by atoms with Crippen LogP contribution >= 0.6 is 0 Å². The highest BCUT2D eigenvalue weighted by Crippen LogP contribution is 2.19. The summed E-state index contributed by atoms with van der Waals surface area (Å²) in [7, 11) is 0. The fraction of sp³-hybridized carbons (Fsp3) is 0.450. The Hall–Kier alpha value is -2.43. The van der Waals surface area contributed by atoms with Gasteiger partial charge < -0.3 is 10.6 Å². The Bertz CT molecular complexity index is 719. The summed E-state index contributed by atoms with van der Waals surface area (Å²) in [6.45, 7) is 4.15. The van der Waals surface area contributed by atoms with Crippen LogP contribution in [0.1, 0.15) is 60.0 Å². The Balaban J connectivity index is 1.60. The van der Waals surface area contributed by atoms with Crippen LogP contribution in [0.5, 0.6) is 0 Å². The van der Waals surface area contributed by atoms with Crippen molar-refractivity contribution in [1.82, 2.24) is 15.3 Å². The van der Waals surface area contributed by atoms with Crippen molar-refractivity contribution in [3.8, 4) is 0 Å². The molecule has 1 aliphatic carbocycles. The number of rotatable bonds is 4. The molecule has 25 heavy (non-hydrogen) atoms. The van der Waals surface area contributed by atoms with Crippen molar-refractivity contribution in [1.29, 1.82) is 0 Å². The number of nitrogens with one attached hydrogen (secondary N) is 2. The minimum Gasteiger partial charge on any atom is -0.349 e. The molecule has 1 aromatic heterocycles. The zero-order valence-electron chi connectivity index (χ0n) is 15.0. The third-order valence-corrected chi connectivity index (χ3v) is 4.87. The Kier molecular flexibility index (Phi) is 5.64. The molecule has 5 nitrogen and oxygen atoms in total. The summed E-state index contributed by atoms with van der Waals surface area (Å²) in [4.78, 5) is 20.9. The summed E-state index contributed by atoms with van der Waals surface area (Å²) in [6.07, 6.45) is 10.2. The molecule has 0 radical (unpaired) electrons. The van der Waals surface area contributed by atoms with Crippen molar-refractivity contribution in [2.24, 2.45) is 0 Å². The number of hydrogen-bond donors (Lipinski definition) is 2. The van der Waals surface area contributed by atoms with Crippen molar-refractivity contribution in [2.45, 2.75) is 58.4 Å². The zero-order chi connectivity index (χ0) is 17.6. The number of hydrogen-bond acceptors (Lipinski definition) is 4. The van der Waals surface area contributed by atoms with Crippen LogP contribution in [0.25, 0.3) is 0 Å². The highest BCUT2D eigenvalue weighted by Gasteiger charge is 2.16. The van der Waals surface area contributed by atoms with Crippen LogP contribution in [0.2, 0.25) is 0 Å². The summed E-state index contributed by atoms with van der Waals surface area (Å²) >= 11 is 0. The molecule has 1 aliphatic rings. The smallest absolute Gasteiger partial charge is 0.254 e. The first-order chi connectivity index (χ1) is 12.1. The maximum absolute atomic E-state index is 12.4. The average Bonchev–Trinajstić information content (AvgIpc) is 2.87. The normalized spacial score (nSPS) is 15.4. The number of benzene rings is 1. The van der Waals surface area contributed by atoms with E-state index in [1.54, 1.807) is 12.4 Å². The molecule has 2 N–H and O–H groups in total. The monoisotopic (exact) mass is 338 g/mol. The van der Waals surface area contributed by atoms with E-state index in [1.807, 2.05) is 6.07 Å². The van der Waals surface area contributed by atoms with Crippen LogP contribution in [0.4, 0.5) is 11.6 Å². The minimum atomic E-state index is -0.0790. The number of aromatic nitrogens is 2. The average molecular weight is 338 g/mol. The summed E-state index contributed by atoms with van der Waals surface area (Å²) < 4.78 is 0. The first-order valence-corrected chi connectivity index (χ1v) is 9.09. The topological polar surface area (TPSA) is 66.9 Å². The first-order valence-electron chi connectivity index (χ1n) is 9.09. The van der Waals surface area contributed by atoms with E-state index in [0.717, 1.165) is 18.5 Å². The van der Waals surface area contributed by atoms with E-state index in [-0.39, 0.29) is 11.9 Å². The number of anilines is 2. The Morgan fingerprint density at radius 2 is 1.68 bits per heavy atom. The van der Waals surface area contributed by atoms with Gasteiger partial charge >= 0.3 is 0 Å². The van der Waals surface area contributed by atoms with E-state index in [1.165, 1.54) is 36.8 Å². The number of amides is 1. The molecule has 1 aromatic carbocycles. The van der Waals surface area contributed by atoms with Gasteiger partial charge in [-0.3, -0.25) is 4.79 Å².